The number of rotatable bonds is 5. The number of anilines is 2. The van der Waals surface area contributed by atoms with E-state index in [1.165, 1.54) is 0 Å². The highest BCUT2D eigenvalue weighted by molar-refractivity contribution is 5.91. The molecule has 0 saturated carbocycles. The van der Waals surface area contributed by atoms with Crippen LogP contribution in [-0.4, -0.2) is 73.6 Å². The maximum atomic E-state index is 13.6. The summed E-state index contributed by atoms with van der Waals surface area (Å²) in [4.78, 5) is 20.3. The Morgan fingerprint density at radius 3 is 2.68 bits per heavy atom. The summed E-state index contributed by atoms with van der Waals surface area (Å²) in [6, 6.07) is -1.31. The van der Waals surface area contributed by atoms with Gasteiger partial charge >= 0.3 is 0 Å². The van der Waals surface area contributed by atoms with Crippen molar-refractivity contribution in [2.24, 2.45) is 0 Å². The second-order valence-corrected chi connectivity index (χ2v) is 5.21. The molecule has 9 nitrogen and oxygen atoms in total. The highest BCUT2D eigenvalue weighted by Gasteiger charge is 2.31. The Hall–Kier alpha value is -2.81. The van der Waals surface area contributed by atoms with Gasteiger partial charge in [0.15, 0.2) is 14.3 Å². The van der Waals surface area contributed by atoms with Gasteiger partial charge in [-0.2, -0.15) is 4.98 Å². The van der Waals surface area contributed by atoms with E-state index < -0.39 is 103 Å². The number of benzene rings is 1. The third kappa shape index (κ3) is 3.37. The maximum Gasteiger partial charge on any atom is 0.251 e. The molecule has 2 aliphatic rings. The first kappa shape index (κ1) is 6.91. The quantitative estimate of drug-likeness (QED) is 0.788. The number of aromatic nitrogens is 2. The van der Waals surface area contributed by atoms with Crippen molar-refractivity contribution in [3.8, 4) is 11.5 Å². The second-order valence-electron chi connectivity index (χ2n) is 5.21. The van der Waals surface area contributed by atoms with E-state index in [0.29, 0.717) is 0 Å². The first-order valence-electron chi connectivity index (χ1n) is 16.6. The van der Waals surface area contributed by atoms with Crippen LogP contribution in [0.5, 0.6) is 11.5 Å². The Morgan fingerprint density at radius 1 is 1.29 bits per heavy atom. The second kappa shape index (κ2) is 7.67. The molecule has 0 radical (unpaired) electrons. The van der Waals surface area contributed by atoms with Gasteiger partial charge in [-0.15, -0.1) is 0 Å². The molecule has 0 aliphatic carbocycles. The molecule has 1 aromatic heterocycles. The van der Waals surface area contributed by atoms with E-state index in [0.717, 1.165) is 14.2 Å². The van der Waals surface area contributed by atoms with Crippen LogP contribution in [0.3, 0.4) is 0 Å². The average Bonchev–Trinajstić information content (AvgIpc) is 3.03. The minimum atomic E-state index is -4.04. The number of fused-ring (bicyclic) bond motifs is 1. The predicted octanol–water partition coefficient (Wildman–Crippen LogP) is 1.06. The van der Waals surface area contributed by atoms with Gasteiger partial charge in [0.1, 0.15) is 11.9 Å². The van der Waals surface area contributed by atoms with E-state index in [1.54, 1.807) is 0 Å². The Labute approximate surface area is 188 Å². The number of hydrogen-bond donors (Lipinski definition) is 1. The molecule has 28 heavy (non-hydrogen) atoms. The summed E-state index contributed by atoms with van der Waals surface area (Å²) in [5, 5.41) is -0.512. The lowest BCUT2D eigenvalue weighted by Crippen LogP contribution is -2.51. The molecule has 4 rings (SSSR count). The lowest BCUT2D eigenvalue weighted by atomic mass is 10.2. The van der Waals surface area contributed by atoms with Gasteiger partial charge in [-0.25, -0.2) is 4.98 Å². The molecule has 2 N–H and O–H groups in total. The number of piperazine rings is 1. The molecule has 0 bridgehead atoms. The summed E-state index contributed by atoms with van der Waals surface area (Å²) in [6.07, 6.45) is -10.1. The van der Waals surface area contributed by atoms with Crippen molar-refractivity contribution >= 4 is 28.6 Å². The van der Waals surface area contributed by atoms with Gasteiger partial charge in [-0.3, -0.25) is 4.79 Å². The van der Waals surface area contributed by atoms with Gasteiger partial charge in [-0.1, -0.05) is 0 Å². The molecule has 0 spiro atoms. The summed E-state index contributed by atoms with van der Waals surface area (Å²) < 4.78 is 163. The molecule has 3 heterocycles. The highest BCUT2D eigenvalue weighted by Crippen LogP contribution is 2.34. The van der Waals surface area contributed by atoms with Gasteiger partial charge < -0.3 is 29.7 Å². The summed E-state index contributed by atoms with van der Waals surface area (Å²) in [6.45, 7) is -19.5. The van der Waals surface area contributed by atoms with Crippen molar-refractivity contribution in [1.29, 1.82) is 0 Å². The zero-order valence-corrected chi connectivity index (χ0v) is 14.4. The number of ether oxygens (including phenoxy) is 3. The number of hydrogen-bond acceptors (Lipinski definition) is 8. The standard InChI is InChI=1S/C19H25N5O4/c1-26-15-10-12-13(11-16(15)27-2)21-19(22-17(12)20)24-7-5-23(6-8-24)18(25)14-4-3-9-28-14/h10-11,14H,3-9H2,1-2H3,(H2,20,21,22)/i3D2,4D2,5D2,6D2,7D2,8D2,9D2,10D,11D/hD2. The maximum absolute atomic E-state index is 13.6. The lowest BCUT2D eigenvalue weighted by Gasteiger charge is -2.35. The van der Waals surface area contributed by atoms with Gasteiger partial charge in [0.25, 0.3) is 5.91 Å². The molecule has 1 atom stereocenters. The zero-order valence-electron chi connectivity index (χ0n) is 32.4. The van der Waals surface area contributed by atoms with Crippen molar-refractivity contribution in [2.75, 3.05) is 57.4 Å². The summed E-state index contributed by atoms with van der Waals surface area (Å²) in [7, 11) is 2.21. The van der Waals surface area contributed by atoms with Gasteiger partial charge in [0.2, 0.25) is 5.95 Å². The molecular formula is C19H25N5O4. The Kier molecular flexibility index (Phi) is 1.89. The van der Waals surface area contributed by atoms with Crippen LogP contribution in [0.15, 0.2) is 12.1 Å². The third-order valence-electron chi connectivity index (χ3n) is 3.59. The van der Waals surface area contributed by atoms with Gasteiger partial charge in [0.05, 0.1) is 36.2 Å². The van der Waals surface area contributed by atoms with Crippen molar-refractivity contribution in [2.45, 2.75) is 18.8 Å². The first-order valence-corrected chi connectivity index (χ1v) is 7.66. The molecule has 2 aliphatic heterocycles. The van der Waals surface area contributed by atoms with Crippen molar-refractivity contribution < 1.29 is 43.8 Å². The van der Waals surface area contributed by atoms with Crippen molar-refractivity contribution in [1.82, 2.24) is 14.9 Å². The number of carbonyl (C=O) groups is 1. The largest absolute Gasteiger partial charge is 0.493 e. The molecule has 1 amide bonds. The highest BCUT2D eigenvalue weighted by atomic mass is 16.5. The van der Waals surface area contributed by atoms with Crippen LogP contribution in [0.1, 0.15) is 34.7 Å². The summed E-state index contributed by atoms with van der Waals surface area (Å²) >= 11 is 0. The molecule has 9 heteroatoms. The summed E-state index contributed by atoms with van der Waals surface area (Å²) in [5.74, 6) is -5.09. The Morgan fingerprint density at radius 2 is 2.04 bits per heavy atom. The first-order chi connectivity index (χ1) is 20.6. The van der Waals surface area contributed by atoms with Crippen LogP contribution in [-0.2, 0) is 9.53 Å². The van der Waals surface area contributed by atoms with Crippen molar-refractivity contribution in [3.63, 3.8) is 0 Å². The number of nitrogens with two attached hydrogens (primary N) is 1. The number of methoxy groups -OCH3 is 2. The fourth-order valence-corrected chi connectivity index (χ4v) is 2.27. The number of carbonyl (C=O) groups excluding carboxylic acids is 1. The van der Waals surface area contributed by atoms with Crippen molar-refractivity contribution in [3.05, 3.63) is 12.1 Å². The number of amides is 1. The normalized spacial score (nSPS) is 41.7. The van der Waals surface area contributed by atoms with E-state index in [4.69, 9.17) is 34.2 Å². The predicted molar refractivity (Wildman–Crippen MR) is 105 cm³/mol. The fraction of sp³-hybridized carbons (Fsp3) is 0.526. The fourth-order valence-electron chi connectivity index (χ4n) is 2.27. The molecule has 150 valence electrons. The van der Waals surface area contributed by atoms with E-state index in [9.17, 15) is 4.79 Å². The van der Waals surface area contributed by atoms with E-state index in [1.807, 2.05) is 0 Å². The van der Waals surface area contributed by atoms with E-state index >= 15 is 0 Å². The molecule has 1 aromatic carbocycles. The topological polar surface area (TPSA) is 103 Å². The number of nitrogens with zero attached hydrogens (tertiary/aromatic N) is 4. The monoisotopic (exact) mass is 405 g/mol. The zero-order chi connectivity index (χ0) is 35.5. The van der Waals surface area contributed by atoms with Crippen LogP contribution < -0.4 is 20.1 Å². The van der Waals surface area contributed by atoms with Crippen LogP contribution in [0.4, 0.5) is 11.8 Å². The molecular weight excluding hydrogens is 362 g/mol. The van der Waals surface area contributed by atoms with Crippen LogP contribution >= 0.6 is 0 Å². The average molecular weight is 406 g/mol. The molecule has 2 fully saturated rings. The number of nitrogen functional groups attached to an aromatic ring is 1. The van der Waals surface area contributed by atoms with Crippen LogP contribution in [0, 0.1) is 0 Å². The van der Waals surface area contributed by atoms with Gasteiger partial charge in [0, 0.05) is 49.5 Å². The van der Waals surface area contributed by atoms with E-state index in [2.05, 4.69) is 14.7 Å². The molecule has 1 unspecified atom stereocenters. The minimum absolute atomic E-state index is 0.216. The minimum Gasteiger partial charge on any atom is -0.493 e. The summed E-state index contributed by atoms with van der Waals surface area (Å²) in [5.41, 5.74) is -0.873. The smallest absolute Gasteiger partial charge is 0.251 e. The third-order valence-corrected chi connectivity index (χ3v) is 3.59. The van der Waals surface area contributed by atoms with Gasteiger partial charge in [-0.05, 0) is 18.8 Å². The Balaban J connectivity index is 2.01. The lowest BCUT2D eigenvalue weighted by molar-refractivity contribution is -0.141. The van der Waals surface area contributed by atoms with Crippen LogP contribution in [0.2, 0.25) is 2.82 Å². The van der Waals surface area contributed by atoms with E-state index in [-0.39, 0.29) is 16.4 Å². The molecule has 2 saturated heterocycles. The SMILES string of the molecule is [2H]c1c(OC)c(OC)c([2H])c2c(N([2H])[2H])nc(N3C([2H])([2H])C([2H])([2H])N(C(=O)C4OC([2H])([2H])C([2H])([2H])C4([2H])[2H])C([2H])([2H])C3([2H])[2H])nc12. The van der Waals surface area contributed by atoms with Crippen LogP contribution in [0.25, 0.3) is 10.9 Å². The molecule has 2 aromatic rings. The Bertz CT molecular complexity index is 1580.